The van der Waals surface area contributed by atoms with Gasteiger partial charge in [-0.25, -0.2) is 0 Å². The molecule has 1 aliphatic heterocycles. The van der Waals surface area contributed by atoms with Crippen molar-refractivity contribution in [1.82, 2.24) is 9.80 Å². The summed E-state index contributed by atoms with van der Waals surface area (Å²) in [6.07, 6.45) is 4.96. The standard InChI is InChI=1S/C22H24N2O4/c1-14-8-10-17(28-14)13-23(2)20(25)15-9-11-18-19(12-15)22(27)24(21(18)26)16-6-4-3-5-7-16/h8-12,16H,3-7,13H2,1-2H3. The molecular weight excluding hydrogens is 356 g/mol. The molecule has 0 bridgehead atoms. The molecule has 6 heteroatoms. The molecule has 1 saturated carbocycles. The lowest BCUT2D eigenvalue weighted by Crippen LogP contribution is -2.40. The van der Waals surface area contributed by atoms with E-state index in [1.165, 1.54) is 4.90 Å². The first-order chi connectivity index (χ1) is 13.5. The lowest BCUT2D eigenvalue weighted by atomic mass is 9.94. The van der Waals surface area contributed by atoms with Gasteiger partial charge in [0.25, 0.3) is 17.7 Å². The van der Waals surface area contributed by atoms with Crippen LogP contribution in [0.25, 0.3) is 0 Å². The quantitative estimate of drug-likeness (QED) is 0.757. The Labute approximate surface area is 164 Å². The monoisotopic (exact) mass is 380 g/mol. The van der Waals surface area contributed by atoms with Crippen molar-refractivity contribution < 1.29 is 18.8 Å². The molecule has 1 fully saturated rings. The zero-order valence-corrected chi connectivity index (χ0v) is 16.2. The van der Waals surface area contributed by atoms with Gasteiger partial charge in [-0.3, -0.25) is 19.3 Å². The summed E-state index contributed by atoms with van der Waals surface area (Å²) in [4.78, 5) is 41.4. The molecule has 2 aromatic rings. The van der Waals surface area contributed by atoms with Gasteiger partial charge in [-0.2, -0.15) is 0 Å². The molecule has 6 nitrogen and oxygen atoms in total. The Bertz CT molecular complexity index is 940. The highest BCUT2D eigenvalue weighted by atomic mass is 16.3. The minimum absolute atomic E-state index is 0.0230. The van der Waals surface area contributed by atoms with Gasteiger partial charge >= 0.3 is 0 Å². The summed E-state index contributed by atoms with van der Waals surface area (Å²) in [5, 5.41) is 0. The Hall–Kier alpha value is -2.89. The number of fused-ring (bicyclic) bond motifs is 1. The van der Waals surface area contributed by atoms with Gasteiger partial charge in [-0.05, 0) is 50.1 Å². The first kappa shape index (κ1) is 18.5. The second-order valence-corrected chi connectivity index (χ2v) is 7.71. The van der Waals surface area contributed by atoms with Gasteiger partial charge in [0.15, 0.2) is 0 Å². The number of furan rings is 1. The number of carbonyl (C=O) groups excluding carboxylic acids is 3. The smallest absolute Gasteiger partial charge is 0.261 e. The molecule has 3 amide bonds. The van der Waals surface area contributed by atoms with Crippen LogP contribution in [0.15, 0.2) is 34.7 Å². The van der Waals surface area contributed by atoms with E-state index in [9.17, 15) is 14.4 Å². The first-order valence-electron chi connectivity index (χ1n) is 9.78. The van der Waals surface area contributed by atoms with Gasteiger partial charge in [0.2, 0.25) is 0 Å². The molecule has 4 rings (SSSR count). The van der Waals surface area contributed by atoms with Crippen LogP contribution in [0.4, 0.5) is 0 Å². The molecule has 146 valence electrons. The SMILES string of the molecule is Cc1ccc(CN(C)C(=O)c2ccc3c(c2)C(=O)N(C2CCCCC2)C3=O)o1. The average Bonchev–Trinajstić information content (AvgIpc) is 3.22. The highest BCUT2D eigenvalue weighted by molar-refractivity contribution is 6.22. The van der Waals surface area contributed by atoms with Crippen molar-refractivity contribution in [2.24, 2.45) is 0 Å². The summed E-state index contributed by atoms with van der Waals surface area (Å²) in [6.45, 7) is 2.19. The zero-order valence-electron chi connectivity index (χ0n) is 16.2. The molecule has 2 aliphatic rings. The van der Waals surface area contributed by atoms with Crippen LogP contribution in [0.2, 0.25) is 0 Å². The fourth-order valence-corrected chi connectivity index (χ4v) is 4.16. The Morgan fingerprint density at radius 2 is 1.79 bits per heavy atom. The zero-order chi connectivity index (χ0) is 19.8. The number of hydrogen-bond donors (Lipinski definition) is 0. The maximum atomic E-state index is 12.9. The summed E-state index contributed by atoms with van der Waals surface area (Å²) in [6, 6.07) is 8.46. The molecule has 1 aromatic heterocycles. The Kier molecular flexibility index (Phi) is 4.79. The maximum Gasteiger partial charge on any atom is 0.261 e. The van der Waals surface area contributed by atoms with E-state index in [4.69, 9.17) is 4.42 Å². The molecule has 2 heterocycles. The van der Waals surface area contributed by atoms with Gasteiger partial charge in [0.05, 0.1) is 17.7 Å². The molecule has 0 N–H and O–H groups in total. The number of imide groups is 1. The largest absolute Gasteiger partial charge is 0.464 e. The number of hydrogen-bond acceptors (Lipinski definition) is 4. The highest BCUT2D eigenvalue weighted by Gasteiger charge is 2.40. The van der Waals surface area contributed by atoms with E-state index in [1.807, 2.05) is 19.1 Å². The van der Waals surface area contributed by atoms with Crippen LogP contribution >= 0.6 is 0 Å². The van der Waals surface area contributed by atoms with E-state index < -0.39 is 0 Å². The molecule has 1 aromatic carbocycles. The van der Waals surface area contributed by atoms with Crippen molar-refractivity contribution in [3.63, 3.8) is 0 Å². The van der Waals surface area contributed by atoms with Gasteiger partial charge in [0, 0.05) is 18.7 Å². The third kappa shape index (κ3) is 3.23. The predicted molar refractivity (Wildman–Crippen MR) is 103 cm³/mol. The second-order valence-electron chi connectivity index (χ2n) is 7.71. The molecule has 0 spiro atoms. The van der Waals surface area contributed by atoms with Crippen molar-refractivity contribution in [2.45, 2.75) is 51.6 Å². The van der Waals surface area contributed by atoms with Crippen molar-refractivity contribution in [1.29, 1.82) is 0 Å². The van der Waals surface area contributed by atoms with Crippen molar-refractivity contribution in [2.75, 3.05) is 7.05 Å². The summed E-state index contributed by atoms with van der Waals surface area (Å²) in [5.74, 6) is 0.772. The second kappa shape index (κ2) is 7.26. The number of nitrogens with zero attached hydrogens (tertiary/aromatic N) is 2. The fourth-order valence-electron chi connectivity index (χ4n) is 4.16. The number of amides is 3. The minimum Gasteiger partial charge on any atom is -0.464 e. The van der Waals surface area contributed by atoms with Gasteiger partial charge in [-0.1, -0.05) is 19.3 Å². The van der Waals surface area contributed by atoms with E-state index in [0.29, 0.717) is 29.0 Å². The van der Waals surface area contributed by atoms with Crippen LogP contribution in [-0.2, 0) is 6.54 Å². The number of carbonyl (C=O) groups is 3. The Morgan fingerprint density at radius 3 is 2.46 bits per heavy atom. The molecule has 0 atom stereocenters. The molecular formula is C22H24N2O4. The van der Waals surface area contributed by atoms with E-state index >= 15 is 0 Å². The van der Waals surface area contributed by atoms with Gasteiger partial charge < -0.3 is 9.32 Å². The molecule has 0 unspecified atom stereocenters. The summed E-state index contributed by atoms with van der Waals surface area (Å²) < 4.78 is 5.53. The van der Waals surface area contributed by atoms with E-state index in [-0.39, 0.29) is 23.8 Å². The Balaban J connectivity index is 1.54. The van der Waals surface area contributed by atoms with Crippen LogP contribution in [0.3, 0.4) is 0 Å². The fraction of sp³-hybridized carbons (Fsp3) is 0.409. The number of benzene rings is 1. The third-order valence-corrected chi connectivity index (χ3v) is 5.64. The van der Waals surface area contributed by atoms with Crippen LogP contribution in [0, 0.1) is 6.92 Å². The third-order valence-electron chi connectivity index (χ3n) is 5.64. The molecule has 28 heavy (non-hydrogen) atoms. The Morgan fingerprint density at radius 1 is 1.07 bits per heavy atom. The maximum absolute atomic E-state index is 12.9. The molecule has 0 radical (unpaired) electrons. The average molecular weight is 380 g/mol. The van der Waals surface area contributed by atoms with Crippen molar-refractivity contribution >= 4 is 17.7 Å². The molecule has 0 saturated heterocycles. The lowest BCUT2D eigenvalue weighted by molar-refractivity contribution is 0.0548. The van der Waals surface area contributed by atoms with Crippen LogP contribution in [0.5, 0.6) is 0 Å². The predicted octanol–water partition coefficient (Wildman–Crippen LogP) is 3.79. The summed E-state index contributed by atoms with van der Waals surface area (Å²) >= 11 is 0. The van der Waals surface area contributed by atoms with E-state index in [2.05, 4.69) is 0 Å². The minimum atomic E-state index is -0.272. The first-order valence-corrected chi connectivity index (χ1v) is 9.78. The lowest BCUT2D eigenvalue weighted by Gasteiger charge is -2.29. The van der Waals surface area contributed by atoms with Crippen molar-refractivity contribution in [3.8, 4) is 0 Å². The highest BCUT2D eigenvalue weighted by Crippen LogP contribution is 2.31. The van der Waals surface area contributed by atoms with Crippen molar-refractivity contribution in [3.05, 3.63) is 58.5 Å². The van der Waals surface area contributed by atoms with Gasteiger partial charge in [-0.15, -0.1) is 0 Å². The van der Waals surface area contributed by atoms with Crippen LogP contribution < -0.4 is 0 Å². The summed E-state index contributed by atoms with van der Waals surface area (Å²) in [7, 11) is 1.69. The number of rotatable bonds is 4. The normalized spacial score (nSPS) is 17.1. The van der Waals surface area contributed by atoms with Gasteiger partial charge in [0.1, 0.15) is 11.5 Å². The van der Waals surface area contributed by atoms with E-state index in [0.717, 1.165) is 37.9 Å². The summed E-state index contributed by atoms with van der Waals surface area (Å²) in [5.41, 5.74) is 1.14. The topological polar surface area (TPSA) is 70.8 Å². The molecule has 1 aliphatic carbocycles. The van der Waals surface area contributed by atoms with Crippen LogP contribution in [-0.4, -0.2) is 40.6 Å². The van der Waals surface area contributed by atoms with Crippen LogP contribution in [0.1, 0.15) is 74.7 Å². The van der Waals surface area contributed by atoms with E-state index in [1.54, 1.807) is 30.1 Å². The number of aryl methyl sites for hydroxylation is 1.